The molecule has 2 nitrogen and oxygen atoms in total. The number of phenols is 1. The van der Waals surface area contributed by atoms with Gasteiger partial charge >= 0.3 is 0 Å². The first-order valence-electron chi connectivity index (χ1n) is 10.0. The molecule has 2 heteroatoms. The molecule has 0 saturated heterocycles. The average molecular weight is 357 g/mol. The summed E-state index contributed by atoms with van der Waals surface area (Å²) in [5, 5.41) is 9.72. The molecule has 1 unspecified atom stereocenters. The van der Waals surface area contributed by atoms with Gasteiger partial charge in [0, 0.05) is 11.4 Å². The zero-order valence-corrected chi connectivity index (χ0v) is 15.9. The minimum absolute atomic E-state index is 0.306. The maximum absolute atomic E-state index is 9.72. The first kappa shape index (κ1) is 17.7. The van der Waals surface area contributed by atoms with Crippen molar-refractivity contribution in [3.8, 4) is 5.75 Å². The molecule has 1 aliphatic heterocycles. The Labute approximate surface area is 162 Å². The van der Waals surface area contributed by atoms with Gasteiger partial charge in [-0.3, -0.25) is 0 Å². The van der Waals surface area contributed by atoms with Gasteiger partial charge in [-0.25, -0.2) is 0 Å². The monoisotopic (exact) mass is 357 g/mol. The average Bonchev–Trinajstić information content (AvgIpc) is 2.72. The second kappa shape index (κ2) is 7.87. The van der Waals surface area contributed by atoms with Crippen molar-refractivity contribution in [2.45, 2.75) is 45.1 Å². The molecule has 0 spiro atoms. The van der Waals surface area contributed by atoms with Crippen LogP contribution in [0.2, 0.25) is 0 Å². The number of aryl methyl sites for hydroxylation is 2. The molecule has 0 saturated carbocycles. The van der Waals surface area contributed by atoms with Crippen LogP contribution in [0.1, 0.15) is 48.9 Å². The first-order chi connectivity index (χ1) is 13.3. The quantitative estimate of drug-likeness (QED) is 0.559. The largest absolute Gasteiger partial charge is 0.508 e. The molecule has 4 rings (SSSR count). The van der Waals surface area contributed by atoms with Gasteiger partial charge in [0.05, 0.1) is 6.04 Å². The number of hydrogen-bond donors (Lipinski definition) is 1. The molecule has 1 N–H and O–H groups in total. The highest BCUT2D eigenvalue weighted by molar-refractivity contribution is 5.70. The summed E-state index contributed by atoms with van der Waals surface area (Å²) in [6, 6.07) is 25.8. The van der Waals surface area contributed by atoms with Crippen LogP contribution in [0.25, 0.3) is 0 Å². The highest BCUT2D eigenvalue weighted by atomic mass is 16.3. The molecule has 0 aromatic heterocycles. The smallest absolute Gasteiger partial charge is 0.115 e. The Balaban J connectivity index is 1.71. The molecule has 0 aliphatic carbocycles. The van der Waals surface area contributed by atoms with Gasteiger partial charge in [-0.05, 0) is 72.7 Å². The lowest BCUT2D eigenvalue weighted by atomic mass is 9.90. The number of nitrogens with zero attached hydrogens (tertiary/aromatic N) is 1. The highest BCUT2D eigenvalue weighted by Gasteiger charge is 2.28. The van der Waals surface area contributed by atoms with Gasteiger partial charge in [-0.2, -0.15) is 0 Å². The van der Waals surface area contributed by atoms with Crippen LogP contribution in [0.4, 0.5) is 11.4 Å². The van der Waals surface area contributed by atoms with Crippen LogP contribution in [0, 0.1) is 0 Å². The third-order valence-corrected chi connectivity index (χ3v) is 5.56. The minimum Gasteiger partial charge on any atom is -0.508 e. The van der Waals surface area contributed by atoms with Crippen LogP contribution in [0.5, 0.6) is 5.75 Å². The number of aromatic hydroxyl groups is 1. The molecule has 0 fully saturated rings. The van der Waals surface area contributed by atoms with Crippen molar-refractivity contribution >= 4 is 11.4 Å². The predicted molar refractivity (Wildman–Crippen MR) is 113 cm³/mol. The molecule has 1 heterocycles. The van der Waals surface area contributed by atoms with E-state index in [1.165, 1.54) is 35.2 Å². The summed E-state index contributed by atoms with van der Waals surface area (Å²) in [6.07, 6.45) is 5.82. The summed E-state index contributed by atoms with van der Waals surface area (Å²) in [7, 11) is 0. The Bertz CT molecular complexity index is 883. The van der Waals surface area contributed by atoms with E-state index in [2.05, 4.69) is 60.4 Å². The minimum atomic E-state index is 0.306. The molecule has 0 radical (unpaired) electrons. The van der Waals surface area contributed by atoms with Crippen molar-refractivity contribution in [3.63, 3.8) is 0 Å². The Kier molecular flexibility index (Phi) is 5.15. The summed E-state index contributed by atoms with van der Waals surface area (Å²) < 4.78 is 0. The summed E-state index contributed by atoms with van der Waals surface area (Å²) >= 11 is 0. The summed E-state index contributed by atoms with van der Waals surface area (Å²) in [5.41, 5.74) is 6.57. The number of anilines is 2. The van der Waals surface area contributed by atoms with Gasteiger partial charge in [0.25, 0.3) is 0 Å². The predicted octanol–water partition coefficient (Wildman–Crippen LogP) is 6.56. The zero-order valence-electron chi connectivity index (χ0n) is 15.9. The molecule has 138 valence electrons. The van der Waals surface area contributed by atoms with Gasteiger partial charge in [0.1, 0.15) is 5.75 Å². The van der Waals surface area contributed by atoms with E-state index in [4.69, 9.17) is 0 Å². The van der Waals surface area contributed by atoms with Crippen molar-refractivity contribution in [1.29, 1.82) is 0 Å². The number of unbranched alkanes of at least 4 members (excludes halogenated alkanes) is 1. The maximum atomic E-state index is 9.72. The fraction of sp³-hybridized carbons (Fsp3) is 0.280. The van der Waals surface area contributed by atoms with E-state index in [-0.39, 0.29) is 0 Å². The third-order valence-electron chi connectivity index (χ3n) is 5.56. The lowest BCUT2D eigenvalue weighted by molar-refractivity contribution is 0.475. The van der Waals surface area contributed by atoms with Crippen molar-refractivity contribution < 1.29 is 5.11 Å². The fourth-order valence-corrected chi connectivity index (χ4v) is 4.08. The Morgan fingerprint density at radius 1 is 0.926 bits per heavy atom. The van der Waals surface area contributed by atoms with E-state index in [0.29, 0.717) is 11.8 Å². The van der Waals surface area contributed by atoms with E-state index in [1.807, 2.05) is 12.1 Å². The molecular formula is C25H27NO. The van der Waals surface area contributed by atoms with E-state index in [0.717, 1.165) is 24.9 Å². The Morgan fingerprint density at radius 3 is 2.41 bits per heavy atom. The number of para-hydroxylation sites is 1. The van der Waals surface area contributed by atoms with E-state index in [1.54, 1.807) is 12.1 Å². The number of phenolic OH excluding ortho intramolecular Hbond substituents is 1. The van der Waals surface area contributed by atoms with Gasteiger partial charge in [-0.15, -0.1) is 0 Å². The van der Waals surface area contributed by atoms with Gasteiger partial charge in [-0.1, -0.05) is 55.8 Å². The van der Waals surface area contributed by atoms with Crippen LogP contribution < -0.4 is 4.90 Å². The van der Waals surface area contributed by atoms with Crippen LogP contribution >= 0.6 is 0 Å². The van der Waals surface area contributed by atoms with E-state index >= 15 is 0 Å². The van der Waals surface area contributed by atoms with Gasteiger partial charge in [0.15, 0.2) is 0 Å². The van der Waals surface area contributed by atoms with Crippen LogP contribution in [0.3, 0.4) is 0 Å². The molecule has 3 aromatic rings. The third kappa shape index (κ3) is 3.71. The molecule has 0 bridgehead atoms. The molecule has 1 atom stereocenters. The Hall–Kier alpha value is -2.74. The summed E-state index contributed by atoms with van der Waals surface area (Å²) in [5.74, 6) is 0.306. The lowest BCUT2D eigenvalue weighted by Crippen LogP contribution is -2.29. The van der Waals surface area contributed by atoms with Crippen molar-refractivity contribution in [2.75, 3.05) is 4.90 Å². The zero-order chi connectivity index (χ0) is 18.6. The molecule has 3 aromatic carbocycles. The van der Waals surface area contributed by atoms with Crippen molar-refractivity contribution in [1.82, 2.24) is 0 Å². The topological polar surface area (TPSA) is 23.5 Å². The SMILES string of the molecule is CCCCc1ccc(C2CCc3ccccc3N2c2ccc(O)cc2)cc1. The second-order valence-electron chi connectivity index (χ2n) is 7.41. The lowest BCUT2D eigenvalue weighted by Gasteiger charge is -2.39. The van der Waals surface area contributed by atoms with Crippen molar-refractivity contribution in [3.05, 3.63) is 89.5 Å². The van der Waals surface area contributed by atoms with Crippen LogP contribution in [-0.4, -0.2) is 5.11 Å². The van der Waals surface area contributed by atoms with Crippen LogP contribution in [0.15, 0.2) is 72.8 Å². The number of hydrogen-bond acceptors (Lipinski definition) is 2. The highest BCUT2D eigenvalue weighted by Crippen LogP contribution is 2.43. The normalized spacial score (nSPS) is 16.2. The summed E-state index contributed by atoms with van der Waals surface area (Å²) in [4.78, 5) is 2.43. The maximum Gasteiger partial charge on any atom is 0.115 e. The van der Waals surface area contributed by atoms with Crippen molar-refractivity contribution in [2.24, 2.45) is 0 Å². The molecular weight excluding hydrogens is 330 g/mol. The van der Waals surface area contributed by atoms with E-state index in [9.17, 15) is 5.11 Å². The molecule has 27 heavy (non-hydrogen) atoms. The van der Waals surface area contributed by atoms with Crippen LogP contribution in [-0.2, 0) is 12.8 Å². The Morgan fingerprint density at radius 2 is 1.67 bits per heavy atom. The standard InChI is InChI=1S/C25H27NO/c1-2-3-6-19-9-11-21(12-10-19)25-18-13-20-7-4-5-8-24(20)26(25)22-14-16-23(27)17-15-22/h4-5,7-12,14-17,25,27H,2-3,6,13,18H2,1H3. The van der Waals surface area contributed by atoms with Gasteiger partial charge < -0.3 is 10.0 Å². The second-order valence-corrected chi connectivity index (χ2v) is 7.41. The number of rotatable bonds is 5. The van der Waals surface area contributed by atoms with E-state index < -0.39 is 0 Å². The fourth-order valence-electron chi connectivity index (χ4n) is 4.08. The first-order valence-corrected chi connectivity index (χ1v) is 10.0. The molecule has 0 amide bonds. The molecule has 1 aliphatic rings. The number of fused-ring (bicyclic) bond motifs is 1. The number of benzene rings is 3. The summed E-state index contributed by atoms with van der Waals surface area (Å²) in [6.45, 7) is 2.24. The van der Waals surface area contributed by atoms with Gasteiger partial charge in [0.2, 0.25) is 0 Å².